The third-order valence-corrected chi connectivity index (χ3v) is 4.58. The lowest BCUT2D eigenvalue weighted by atomic mass is 10.0. The molecule has 7 heteroatoms. The molecule has 0 bridgehead atoms. The summed E-state index contributed by atoms with van der Waals surface area (Å²) in [6.07, 6.45) is 8.87. The summed E-state index contributed by atoms with van der Waals surface area (Å²) in [5, 5.41) is 8.85. The van der Waals surface area contributed by atoms with Gasteiger partial charge in [-0.25, -0.2) is 9.59 Å². The second-order valence-corrected chi connectivity index (χ2v) is 7.11. The van der Waals surface area contributed by atoms with Crippen molar-refractivity contribution in [3.8, 4) is 0 Å². The summed E-state index contributed by atoms with van der Waals surface area (Å²) < 4.78 is 40.4. The van der Waals surface area contributed by atoms with Crippen molar-refractivity contribution in [3.05, 3.63) is 0 Å². The minimum Gasteiger partial charge on any atom is -0.479 e. The number of ether oxygens (including phenoxy) is 1. The Morgan fingerprint density at radius 2 is 1.15 bits per heavy atom. The van der Waals surface area contributed by atoms with Gasteiger partial charge in [-0.1, -0.05) is 90.4 Å². The fourth-order valence-corrected chi connectivity index (χ4v) is 2.95. The standard InChI is InChI=1S/C20H35F3O4/c1-2-3-4-5-6-7-8-9-10-11-12-13-14-15-16-17(18(24)25)27-19(26)20(21,22)23/h17H,2-16H2,1H3,(H,24,25). The highest BCUT2D eigenvalue weighted by Gasteiger charge is 2.43. The number of hydrogen-bond acceptors (Lipinski definition) is 3. The largest absolute Gasteiger partial charge is 0.490 e. The molecular formula is C20H35F3O4. The van der Waals surface area contributed by atoms with Gasteiger partial charge in [0.1, 0.15) is 0 Å². The number of hydrogen-bond donors (Lipinski definition) is 1. The normalized spacial score (nSPS) is 12.7. The number of halogens is 3. The zero-order valence-corrected chi connectivity index (χ0v) is 16.5. The molecule has 160 valence electrons. The fraction of sp³-hybridized carbons (Fsp3) is 0.900. The maximum Gasteiger partial charge on any atom is 0.490 e. The number of esters is 1. The molecule has 0 aromatic rings. The van der Waals surface area contributed by atoms with Crippen LogP contribution in [0.5, 0.6) is 0 Å². The van der Waals surface area contributed by atoms with Gasteiger partial charge in [0.25, 0.3) is 0 Å². The van der Waals surface area contributed by atoms with Crippen LogP contribution < -0.4 is 0 Å². The van der Waals surface area contributed by atoms with Gasteiger partial charge in [-0.2, -0.15) is 13.2 Å². The average molecular weight is 396 g/mol. The van der Waals surface area contributed by atoms with Crippen molar-refractivity contribution in [3.63, 3.8) is 0 Å². The second-order valence-electron chi connectivity index (χ2n) is 7.11. The van der Waals surface area contributed by atoms with Crippen LogP contribution in [0.25, 0.3) is 0 Å². The first-order chi connectivity index (χ1) is 12.8. The smallest absolute Gasteiger partial charge is 0.479 e. The van der Waals surface area contributed by atoms with Crippen LogP contribution in [-0.2, 0) is 14.3 Å². The molecule has 0 radical (unpaired) electrons. The van der Waals surface area contributed by atoms with Crippen LogP contribution in [0.3, 0.4) is 0 Å². The first kappa shape index (κ1) is 25.7. The Morgan fingerprint density at radius 3 is 1.48 bits per heavy atom. The first-order valence-electron chi connectivity index (χ1n) is 10.3. The number of alkyl halides is 3. The van der Waals surface area contributed by atoms with E-state index in [4.69, 9.17) is 5.11 Å². The Hall–Kier alpha value is -1.27. The van der Waals surface area contributed by atoms with Crippen LogP contribution in [0.15, 0.2) is 0 Å². The predicted octanol–water partition coefficient (Wildman–Crippen LogP) is 6.42. The van der Waals surface area contributed by atoms with Gasteiger partial charge in [0.2, 0.25) is 0 Å². The zero-order chi connectivity index (χ0) is 20.5. The molecule has 0 amide bonds. The van der Waals surface area contributed by atoms with Gasteiger partial charge in [-0.05, 0) is 12.8 Å². The fourth-order valence-electron chi connectivity index (χ4n) is 2.95. The molecule has 1 atom stereocenters. The van der Waals surface area contributed by atoms with Gasteiger partial charge in [0, 0.05) is 0 Å². The molecule has 0 heterocycles. The molecule has 1 unspecified atom stereocenters. The third-order valence-electron chi connectivity index (χ3n) is 4.58. The van der Waals surface area contributed by atoms with Crippen LogP contribution in [0.1, 0.15) is 103 Å². The van der Waals surface area contributed by atoms with Crippen LogP contribution >= 0.6 is 0 Å². The Kier molecular flexibility index (Phi) is 15.0. The van der Waals surface area contributed by atoms with Crippen LogP contribution in [0.2, 0.25) is 0 Å². The van der Waals surface area contributed by atoms with Gasteiger partial charge in [0.15, 0.2) is 6.10 Å². The molecule has 4 nitrogen and oxygen atoms in total. The average Bonchev–Trinajstić information content (AvgIpc) is 2.59. The second kappa shape index (κ2) is 15.8. The molecule has 0 aliphatic heterocycles. The van der Waals surface area contributed by atoms with E-state index in [1.165, 1.54) is 57.8 Å². The summed E-state index contributed by atoms with van der Waals surface area (Å²) in [5.74, 6) is -3.98. The van der Waals surface area contributed by atoms with Crippen molar-refractivity contribution in [2.75, 3.05) is 0 Å². The van der Waals surface area contributed by atoms with E-state index in [-0.39, 0.29) is 6.42 Å². The molecule has 0 saturated carbocycles. The Labute approximate surface area is 160 Å². The number of carbonyl (C=O) groups is 2. The summed E-state index contributed by atoms with van der Waals surface area (Å²) in [6, 6.07) is 0. The summed E-state index contributed by atoms with van der Waals surface area (Å²) >= 11 is 0. The Balaban J connectivity index is 3.56. The molecule has 0 aromatic carbocycles. The molecule has 0 rings (SSSR count). The van der Waals surface area contributed by atoms with Gasteiger partial charge in [-0.15, -0.1) is 0 Å². The monoisotopic (exact) mass is 396 g/mol. The molecule has 27 heavy (non-hydrogen) atoms. The molecule has 0 aliphatic carbocycles. The Morgan fingerprint density at radius 1 is 0.778 bits per heavy atom. The zero-order valence-electron chi connectivity index (χ0n) is 16.5. The lowest BCUT2D eigenvalue weighted by Crippen LogP contribution is -2.34. The lowest BCUT2D eigenvalue weighted by Gasteiger charge is -2.14. The van der Waals surface area contributed by atoms with Crippen LogP contribution in [-0.4, -0.2) is 29.3 Å². The highest BCUT2D eigenvalue weighted by atomic mass is 19.4. The molecule has 0 aromatic heterocycles. The summed E-state index contributed by atoms with van der Waals surface area (Å²) in [4.78, 5) is 21.6. The molecule has 0 fully saturated rings. The quantitative estimate of drug-likeness (QED) is 0.228. The molecule has 0 spiro atoms. The van der Waals surface area contributed by atoms with Crippen molar-refractivity contribution in [1.82, 2.24) is 0 Å². The van der Waals surface area contributed by atoms with Crippen molar-refractivity contribution >= 4 is 11.9 Å². The SMILES string of the molecule is CCCCCCCCCCCCCCCCC(OC(=O)C(F)(F)F)C(=O)O. The predicted molar refractivity (Wildman–Crippen MR) is 98.5 cm³/mol. The highest BCUT2D eigenvalue weighted by Crippen LogP contribution is 2.20. The van der Waals surface area contributed by atoms with E-state index in [0.717, 1.165) is 25.7 Å². The van der Waals surface area contributed by atoms with Gasteiger partial charge in [0.05, 0.1) is 0 Å². The summed E-state index contributed by atoms with van der Waals surface area (Å²) in [6.45, 7) is 2.22. The lowest BCUT2D eigenvalue weighted by molar-refractivity contribution is -0.207. The van der Waals surface area contributed by atoms with Gasteiger partial charge in [-0.3, -0.25) is 0 Å². The highest BCUT2D eigenvalue weighted by molar-refractivity contribution is 5.80. The van der Waals surface area contributed by atoms with Crippen LogP contribution in [0, 0.1) is 0 Å². The van der Waals surface area contributed by atoms with Gasteiger partial charge < -0.3 is 9.84 Å². The van der Waals surface area contributed by atoms with Crippen molar-refractivity contribution in [1.29, 1.82) is 0 Å². The van der Waals surface area contributed by atoms with Crippen LogP contribution in [0.4, 0.5) is 13.2 Å². The van der Waals surface area contributed by atoms with Crippen molar-refractivity contribution < 1.29 is 32.6 Å². The van der Waals surface area contributed by atoms with Crippen molar-refractivity contribution in [2.24, 2.45) is 0 Å². The maximum absolute atomic E-state index is 12.1. The number of aliphatic carboxylic acids is 1. The van der Waals surface area contributed by atoms with Gasteiger partial charge >= 0.3 is 18.1 Å². The van der Waals surface area contributed by atoms with Crippen molar-refractivity contribution in [2.45, 2.75) is 116 Å². The molecular weight excluding hydrogens is 361 g/mol. The summed E-state index contributed by atoms with van der Waals surface area (Å²) in [7, 11) is 0. The minimum absolute atomic E-state index is 0.0881. The number of rotatable bonds is 17. The molecule has 1 N–H and O–H groups in total. The third kappa shape index (κ3) is 15.5. The van der Waals surface area contributed by atoms with E-state index in [0.29, 0.717) is 6.42 Å². The van der Waals surface area contributed by atoms with E-state index in [1.54, 1.807) is 0 Å². The summed E-state index contributed by atoms with van der Waals surface area (Å²) in [5.41, 5.74) is 0. The number of carboxylic acid groups (broad SMARTS) is 1. The minimum atomic E-state index is -5.16. The molecule has 0 aliphatic rings. The van der Waals surface area contributed by atoms with E-state index in [9.17, 15) is 22.8 Å². The number of carboxylic acids is 1. The Bertz CT molecular complexity index is 397. The van der Waals surface area contributed by atoms with E-state index < -0.39 is 24.2 Å². The number of carbonyl (C=O) groups excluding carboxylic acids is 1. The van der Waals surface area contributed by atoms with E-state index in [1.807, 2.05) is 0 Å². The number of unbranched alkanes of at least 4 members (excludes halogenated alkanes) is 13. The first-order valence-corrected chi connectivity index (χ1v) is 10.3. The molecule has 0 saturated heterocycles. The maximum atomic E-state index is 12.1. The van der Waals surface area contributed by atoms with E-state index >= 15 is 0 Å². The van der Waals surface area contributed by atoms with E-state index in [2.05, 4.69) is 11.7 Å². The topological polar surface area (TPSA) is 63.6 Å².